The van der Waals surface area contributed by atoms with E-state index in [4.69, 9.17) is 14.2 Å². The molecule has 0 aliphatic heterocycles. The molecule has 10 heteroatoms. The van der Waals surface area contributed by atoms with Crippen molar-refractivity contribution in [3.8, 4) is 27.8 Å². The highest BCUT2D eigenvalue weighted by molar-refractivity contribution is 7.19. The highest BCUT2D eigenvalue weighted by Gasteiger charge is 2.19. The van der Waals surface area contributed by atoms with Crippen LogP contribution in [0.2, 0.25) is 0 Å². The summed E-state index contributed by atoms with van der Waals surface area (Å²) in [4.78, 5) is 30.5. The van der Waals surface area contributed by atoms with Crippen molar-refractivity contribution in [2.45, 2.75) is 27.3 Å². The molecule has 0 unspecified atom stereocenters. The van der Waals surface area contributed by atoms with E-state index in [0.29, 0.717) is 58.3 Å². The molecule has 0 fully saturated rings. The molecular weight excluding hydrogens is 468 g/mol. The average Bonchev–Trinajstić information content (AvgIpc) is 3.30. The van der Waals surface area contributed by atoms with Crippen molar-refractivity contribution in [3.63, 3.8) is 0 Å². The molecule has 0 saturated heterocycles. The second kappa shape index (κ2) is 11.0. The Morgan fingerprint density at radius 3 is 2.26 bits per heavy atom. The number of aromatic nitrogens is 3. The average molecular weight is 495 g/mol. The van der Waals surface area contributed by atoms with E-state index >= 15 is 0 Å². The zero-order chi connectivity index (χ0) is 24.8. The number of nitrogens with one attached hydrogen (secondary N) is 1. The topological polar surface area (TPSA) is 104 Å². The molecule has 182 valence electrons. The summed E-state index contributed by atoms with van der Waals surface area (Å²) in [5.41, 5.74) is 1.38. The van der Waals surface area contributed by atoms with Gasteiger partial charge in [-0.05, 0) is 32.9 Å². The van der Waals surface area contributed by atoms with Gasteiger partial charge in [0.1, 0.15) is 5.01 Å². The fraction of sp³-hybridized carbons (Fsp3) is 0.280. The van der Waals surface area contributed by atoms with Crippen LogP contribution < -0.4 is 25.1 Å². The van der Waals surface area contributed by atoms with Gasteiger partial charge in [-0.15, -0.1) is 0 Å². The minimum atomic E-state index is -0.355. The molecule has 35 heavy (non-hydrogen) atoms. The van der Waals surface area contributed by atoms with Crippen LogP contribution in [0.1, 0.15) is 36.8 Å². The number of hydrogen-bond donors (Lipinski definition) is 1. The summed E-state index contributed by atoms with van der Waals surface area (Å²) in [5, 5.41) is 7.89. The fourth-order valence-corrected chi connectivity index (χ4v) is 4.37. The molecule has 0 aliphatic carbocycles. The summed E-state index contributed by atoms with van der Waals surface area (Å²) in [6.07, 6.45) is 0. The first-order chi connectivity index (χ1) is 17.0. The lowest BCUT2D eigenvalue weighted by molar-refractivity contribution is 0.0949. The molecule has 0 saturated carbocycles. The van der Waals surface area contributed by atoms with Crippen molar-refractivity contribution in [1.82, 2.24) is 19.9 Å². The Bertz CT molecular complexity index is 1360. The highest BCUT2D eigenvalue weighted by atomic mass is 32.1. The predicted molar refractivity (Wildman–Crippen MR) is 134 cm³/mol. The van der Waals surface area contributed by atoms with E-state index in [-0.39, 0.29) is 18.0 Å². The number of hydrogen-bond acceptors (Lipinski definition) is 8. The summed E-state index contributed by atoms with van der Waals surface area (Å²) in [6.45, 7) is 6.89. The second-order valence-corrected chi connectivity index (χ2v) is 8.29. The van der Waals surface area contributed by atoms with Gasteiger partial charge >= 0.3 is 0 Å². The van der Waals surface area contributed by atoms with Gasteiger partial charge in [0.25, 0.3) is 11.5 Å². The maximum Gasteiger partial charge on any atom is 0.275 e. The van der Waals surface area contributed by atoms with Gasteiger partial charge in [0.2, 0.25) is 10.7 Å². The molecule has 2 aromatic heterocycles. The molecule has 0 bridgehead atoms. The zero-order valence-electron chi connectivity index (χ0n) is 19.7. The molecular formula is C25H26N4O5S. The van der Waals surface area contributed by atoms with Crippen LogP contribution in [0.5, 0.6) is 17.2 Å². The first-order valence-electron chi connectivity index (χ1n) is 11.3. The lowest BCUT2D eigenvalue weighted by atomic mass is 10.1. The van der Waals surface area contributed by atoms with Crippen molar-refractivity contribution in [3.05, 3.63) is 70.1 Å². The number of rotatable bonds is 10. The van der Waals surface area contributed by atoms with Gasteiger partial charge in [0.15, 0.2) is 11.5 Å². The fourth-order valence-electron chi connectivity index (χ4n) is 3.44. The minimum Gasteiger partial charge on any atom is -0.490 e. The summed E-state index contributed by atoms with van der Waals surface area (Å²) < 4.78 is 18.3. The van der Waals surface area contributed by atoms with Gasteiger partial charge < -0.3 is 19.5 Å². The van der Waals surface area contributed by atoms with E-state index in [1.165, 1.54) is 21.9 Å². The van der Waals surface area contributed by atoms with Gasteiger partial charge in [-0.1, -0.05) is 41.7 Å². The van der Waals surface area contributed by atoms with Crippen LogP contribution in [0.15, 0.2) is 53.3 Å². The number of fused-ring (bicyclic) bond motifs is 1. The van der Waals surface area contributed by atoms with Crippen molar-refractivity contribution < 1.29 is 19.0 Å². The highest BCUT2D eigenvalue weighted by Crippen LogP contribution is 2.39. The van der Waals surface area contributed by atoms with Gasteiger partial charge in [0, 0.05) is 17.2 Å². The molecule has 2 heterocycles. The monoisotopic (exact) mass is 494 g/mol. The number of benzene rings is 2. The van der Waals surface area contributed by atoms with Crippen LogP contribution in [-0.2, 0) is 6.54 Å². The van der Waals surface area contributed by atoms with Crippen molar-refractivity contribution in [2.24, 2.45) is 0 Å². The second-order valence-electron chi connectivity index (χ2n) is 7.34. The normalized spacial score (nSPS) is 10.8. The molecule has 4 rings (SSSR count). The molecule has 4 aromatic rings. The molecule has 1 amide bonds. The largest absolute Gasteiger partial charge is 0.490 e. The Balaban J connectivity index is 1.57. The molecule has 9 nitrogen and oxygen atoms in total. The third-order valence-corrected chi connectivity index (χ3v) is 5.88. The van der Waals surface area contributed by atoms with Gasteiger partial charge in [-0.2, -0.15) is 9.61 Å². The first-order valence-corrected chi connectivity index (χ1v) is 12.2. The van der Waals surface area contributed by atoms with Gasteiger partial charge in [0.05, 0.1) is 32.1 Å². The van der Waals surface area contributed by atoms with Gasteiger partial charge in [-0.3, -0.25) is 9.59 Å². The predicted octanol–water partition coefficient (Wildman–Crippen LogP) is 3.94. The van der Waals surface area contributed by atoms with E-state index in [2.05, 4.69) is 15.4 Å². The maximum atomic E-state index is 13.0. The summed E-state index contributed by atoms with van der Waals surface area (Å²) in [5.74, 6) is 0.973. The van der Waals surface area contributed by atoms with E-state index in [9.17, 15) is 9.59 Å². The standard InChI is InChI=1S/C25H26N4O5S/c1-4-32-19-12-17(13-20(33-5-2)22(19)34-6-3)23(31)26-15-18-14-21(30)29-25(27-18)35-24(28-29)16-10-8-7-9-11-16/h7-14H,4-6,15H2,1-3H3,(H,26,31). The third-order valence-electron chi connectivity index (χ3n) is 4.92. The Hall–Kier alpha value is -3.92. The molecule has 0 aliphatic rings. The van der Waals surface area contributed by atoms with E-state index in [1.54, 1.807) is 12.1 Å². The van der Waals surface area contributed by atoms with Crippen molar-refractivity contribution >= 4 is 22.2 Å². The van der Waals surface area contributed by atoms with Crippen LogP contribution in [0.4, 0.5) is 0 Å². The third kappa shape index (κ3) is 5.43. The summed E-state index contributed by atoms with van der Waals surface area (Å²) in [6, 6.07) is 14.2. The summed E-state index contributed by atoms with van der Waals surface area (Å²) >= 11 is 1.31. The van der Waals surface area contributed by atoms with Gasteiger partial charge in [-0.25, -0.2) is 4.98 Å². The maximum absolute atomic E-state index is 13.0. The van der Waals surface area contributed by atoms with Crippen LogP contribution in [0, 0.1) is 0 Å². The number of amides is 1. The van der Waals surface area contributed by atoms with E-state index in [1.807, 2.05) is 51.1 Å². The van der Waals surface area contributed by atoms with Crippen LogP contribution in [0.25, 0.3) is 15.5 Å². The van der Waals surface area contributed by atoms with Crippen molar-refractivity contribution in [1.29, 1.82) is 0 Å². The molecule has 2 aromatic carbocycles. The van der Waals surface area contributed by atoms with Crippen LogP contribution in [0.3, 0.4) is 0 Å². The van der Waals surface area contributed by atoms with Crippen molar-refractivity contribution in [2.75, 3.05) is 19.8 Å². The van der Waals surface area contributed by atoms with E-state index in [0.717, 1.165) is 5.56 Å². The Morgan fingerprint density at radius 1 is 0.971 bits per heavy atom. The summed E-state index contributed by atoms with van der Waals surface area (Å²) in [7, 11) is 0. The lowest BCUT2D eigenvalue weighted by Gasteiger charge is -2.17. The molecule has 0 radical (unpaired) electrons. The molecule has 1 N–H and O–H groups in total. The Morgan fingerprint density at radius 2 is 1.63 bits per heavy atom. The quantitative estimate of drug-likeness (QED) is 0.356. The van der Waals surface area contributed by atoms with Crippen LogP contribution >= 0.6 is 11.3 Å². The first kappa shape index (κ1) is 24.2. The minimum absolute atomic E-state index is 0.0737. The number of carbonyl (C=O) groups is 1. The Kier molecular flexibility index (Phi) is 7.61. The molecule has 0 atom stereocenters. The number of ether oxygens (including phenoxy) is 3. The number of carbonyl (C=O) groups excluding carboxylic acids is 1. The SMILES string of the molecule is CCOc1cc(C(=O)NCc2cc(=O)n3nc(-c4ccccc4)sc3n2)cc(OCC)c1OCC. The van der Waals surface area contributed by atoms with E-state index < -0.39 is 0 Å². The molecule has 0 spiro atoms. The lowest BCUT2D eigenvalue weighted by Crippen LogP contribution is -2.25. The number of nitrogens with zero attached hydrogens (tertiary/aromatic N) is 3. The Labute approximate surface area is 206 Å². The smallest absolute Gasteiger partial charge is 0.275 e. The zero-order valence-corrected chi connectivity index (χ0v) is 20.6. The van der Waals surface area contributed by atoms with Crippen LogP contribution in [-0.4, -0.2) is 40.3 Å².